The van der Waals surface area contributed by atoms with Crippen LogP contribution in [-0.2, 0) is 11.3 Å². The summed E-state index contributed by atoms with van der Waals surface area (Å²) in [4.78, 5) is 11.9. The zero-order valence-corrected chi connectivity index (χ0v) is 14.1. The third kappa shape index (κ3) is 5.18. The molecule has 0 saturated carbocycles. The molecule has 2 aromatic carbocycles. The number of carbonyl (C=O) groups is 1. The number of rotatable bonds is 7. The van der Waals surface area contributed by atoms with Crippen molar-refractivity contribution in [1.82, 2.24) is 5.32 Å². The van der Waals surface area contributed by atoms with Gasteiger partial charge in [0.25, 0.3) is 0 Å². The number of ether oxygens (including phenoxy) is 1. The van der Waals surface area contributed by atoms with E-state index < -0.39 is 0 Å². The van der Waals surface area contributed by atoms with Gasteiger partial charge in [0.15, 0.2) is 0 Å². The van der Waals surface area contributed by atoms with Crippen molar-refractivity contribution in [3.05, 3.63) is 58.6 Å². The summed E-state index contributed by atoms with van der Waals surface area (Å²) in [6, 6.07) is 13.3. The molecular weight excluding hydrogens is 312 g/mol. The predicted octanol–water partition coefficient (Wildman–Crippen LogP) is 3.78. The highest BCUT2D eigenvalue weighted by Gasteiger charge is 2.05. The Hall–Kier alpha value is -2.20. The number of benzene rings is 2. The summed E-state index contributed by atoms with van der Waals surface area (Å²) < 4.78 is 5.26. The lowest BCUT2D eigenvalue weighted by molar-refractivity contribution is -0.121. The molecule has 0 saturated heterocycles. The summed E-state index contributed by atoms with van der Waals surface area (Å²) in [6.45, 7) is 3.01. The van der Waals surface area contributed by atoms with Gasteiger partial charge < -0.3 is 15.4 Å². The Morgan fingerprint density at radius 1 is 1.22 bits per heavy atom. The van der Waals surface area contributed by atoms with Gasteiger partial charge in [0, 0.05) is 35.8 Å². The number of carbonyl (C=O) groups excluding carboxylic acids is 1. The predicted molar refractivity (Wildman–Crippen MR) is 94.1 cm³/mol. The summed E-state index contributed by atoms with van der Waals surface area (Å²) in [5.74, 6) is 0.776. The van der Waals surface area contributed by atoms with E-state index in [2.05, 4.69) is 10.6 Å². The number of amides is 1. The van der Waals surface area contributed by atoms with E-state index in [0.717, 1.165) is 22.6 Å². The second kappa shape index (κ2) is 8.44. The van der Waals surface area contributed by atoms with Crippen LogP contribution in [0.15, 0.2) is 42.5 Å². The van der Waals surface area contributed by atoms with Crippen LogP contribution in [0.2, 0.25) is 5.02 Å². The van der Waals surface area contributed by atoms with Gasteiger partial charge in [0.05, 0.1) is 7.11 Å². The maximum absolute atomic E-state index is 11.9. The molecular formula is C18H21ClN2O2. The largest absolute Gasteiger partial charge is 0.496 e. The van der Waals surface area contributed by atoms with Crippen LogP contribution in [-0.4, -0.2) is 19.6 Å². The second-order valence-electron chi connectivity index (χ2n) is 5.22. The molecule has 1 amide bonds. The Kier molecular flexibility index (Phi) is 6.29. The van der Waals surface area contributed by atoms with E-state index in [-0.39, 0.29) is 5.91 Å². The van der Waals surface area contributed by atoms with E-state index in [1.54, 1.807) is 7.11 Å². The van der Waals surface area contributed by atoms with E-state index >= 15 is 0 Å². The molecule has 2 aromatic rings. The normalized spacial score (nSPS) is 10.2. The van der Waals surface area contributed by atoms with Crippen LogP contribution in [0.3, 0.4) is 0 Å². The van der Waals surface area contributed by atoms with Gasteiger partial charge in [-0.3, -0.25) is 4.79 Å². The van der Waals surface area contributed by atoms with Gasteiger partial charge in [-0.2, -0.15) is 0 Å². The van der Waals surface area contributed by atoms with Crippen LogP contribution in [0, 0.1) is 6.92 Å². The molecule has 2 N–H and O–H groups in total. The third-order valence-corrected chi connectivity index (χ3v) is 3.76. The monoisotopic (exact) mass is 332 g/mol. The third-order valence-electron chi connectivity index (χ3n) is 3.52. The quantitative estimate of drug-likeness (QED) is 0.811. The molecule has 122 valence electrons. The first kappa shape index (κ1) is 17.2. The molecule has 0 heterocycles. The van der Waals surface area contributed by atoms with E-state index in [1.807, 2.05) is 49.4 Å². The number of methoxy groups -OCH3 is 1. The Morgan fingerprint density at radius 3 is 2.74 bits per heavy atom. The minimum atomic E-state index is -0.00461. The lowest BCUT2D eigenvalue weighted by Crippen LogP contribution is -2.25. The lowest BCUT2D eigenvalue weighted by Gasteiger charge is -2.11. The van der Waals surface area contributed by atoms with Crippen LogP contribution in [0.4, 0.5) is 5.69 Å². The molecule has 0 radical (unpaired) electrons. The molecule has 5 heteroatoms. The van der Waals surface area contributed by atoms with Crippen LogP contribution in [0.25, 0.3) is 0 Å². The highest BCUT2D eigenvalue weighted by Crippen LogP contribution is 2.19. The van der Waals surface area contributed by atoms with Gasteiger partial charge in [0.1, 0.15) is 5.75 Å². The van der Waals surface area contributed by atoms with Crippen LogP contribution in [0.1, 0.15) is 17.5 Å². The van der Waals surface area contributed by atoms with E-state index in [4.69, 9.17) is 16.3 Å². The number of nitrogens with one attached hydrogen (secondary N) is 2. The van der Waals surface area contributed by atoms with Crippen molar-refractivity contribution in [1.29, 1.82) is 0 Å². The minimum absolute atomic E-state index is 0.00461. The number of hydrogen-bond donors (Lipinski definition) is 2. The Morgan fingerprint density at radius 2 is 2.00 bits per heavy atom. The number of aryl methyl sites for hydroxylation is 1. The van der Waals surface area contributed by atoms with Gasteiger partial charge in [0.2, 0.25) is 5.91 Å². The molecule has 0 spiro atoms. The molecule has 23 heavy (non-hydrogen) atoms. The van der Waals surface area contributed by atoms with Crippen LogP contribution in [0.5, 0.6) is 5.75 Å². The highest BCUT2D eigenvalue weighted by atomic mass is 35.5. The first-order chi connectivity index (χ1) is 11.1. The van der Waals surface area contributed by atoms with Gasteiger partial charge in [-0.25, -0.2) is 0 Å². The van der Waals surface area contributed by atoms with Crippen molar-refractivity contribution in [2.24, 2.45) is 0 Å². The maximum atomic E-state index is 11.9. The molecule has 4 nitrogen and oxygen atoms in total. The number of hydrogen-bond acceptors (Lipinski definition) is 3. The molecule has 2 rings (SSSR count). The molecule has 0 aromatic heterocycles. The maximum Gasteiger partial charge on any atom is 0.222 e. The minimum Gasteiger partial charge on any atom is -0.496 e. The summed E-state index contributed by atoms with van der Waals surface area (Å²) in [5, 5.41) is 6.86. The fourth-order valence-electron chi connectivity index (χ4n) is 2.27. The molecule has 0 bridgehead atoms. The summed E-state index contributed by atoms with van der Waals surface area (Å²) in [5.41, 5.74) is 3.02. The summed E-state index contributed by atoms with van der Waals surface area (Å²) in [6.07, 6.45) is 0.400. The van der Waals surface area contributed by atoms with Crippen molar-refractivity contribution < 1.29 is 9.53 Å². The van der Waals surface area contributed by atoms with Crippen LogP contribution < -0.4 is 15.4 Å². The average Bonchev–Trinajstić information content (AvgIpc) is 2.55. The van der Waals surface area contributed by atoms with Gasteiger partial charge in [-0.1, -0.05) is 29.8 Å². The first-order valence-electron chi connectivity index (χ1n) is 7.49. The number of halogens is 1. The Labute approximate surface area is 141 Å². The Balaban J connectivity index is 1.77. The highest BCUT2D eigenvalue weighted by molar-refractivity contribution is 6.30. The van der Waals surface area contributed by atoms with Gasteiger partial charge in [-0.15, -0.1) is 0 Å². The first-order valence-corrected chi connectivity index (χ1v) is 7.86. The lowest BCUT2D eigenvalue weighted by atomic mass is 10.2. The molecule has 0 unspecified atom stereocenters. The van der Waals surface area contributed by atoms with Crippen LogP contribution >= 0.6 is 11.6 Å². The average molecular weight is 333 g/mol. The van der Waals surface area contributed by atoms with Crippen molar-refractivity contribution >= 4 is 23.2 Å². The summed E-state index contributed by atoms with van der Waals surface area (Å²) >= 11 is 5.92. The fraction of sp³-hybridized carbons (Fsp3) is 0.278. The van der Waals surface area contributed by atoms with E-state index in [0.29, 0.717) is 24.5 Å². The van der Waals surface area contributed by atoms with Crippen molar-refractivity contribution in [3.63, 3.8) is 0 Å². The molecule has 0 aliphatic heterocycles. The molecule has 0 atom stereocenters. The van der Waals surface area contributed by atoms with Gasteiger partial charge >= 0.3 is 0 Å². The summed E-state index contributed by atoms with van der Waals surface area (Å²) in [7, 11) is 1.62. The number of para-hydroxylation sites is 1. The number of anilines is 1. The molecule has 0 aliphatic rings. The molecule has 0 aliphatic carbocycles. The van der Waals surface area contributed by atoms with Crippen molar-refractivity contribution in [2.75, 3.05) is 19.0 Å². The smallest absolute Gasteiger partial charge is 0.222 e. The second-order valence-corrected chi connectivity index (χ2v) is 5.66. The molecule has 0 fully saturated rings. The standard InChI is InChI=1S/C18H21ClN2O2/c1-13-11-15(19)7-8-16(13)20-10-9-18(22)21-12-14-5-3-4-6-17(14)23-2/h3-8,11,20H,9-10,12H2,1-2H3,(H,21,22). The van der Waals surface area contributed by atoms with E-state index in [1.165, 1.54) is 0 Å². The fourth-order valence-corrected chi connectivity index (χ4v) is 2.49. The SMILES string of the molecule is COc1ccccc1CNC(=O)CCNc1ccc(Cl)cc1C. The Bertz CT molecular complexity index is 674. The van der Waals surface area contributed by atoms with Crippen molar-refractivity contribution in [3.8, 4) is 5.75 Å². The van der Waals surface area contributed by atoms with Crippen molar-refractivity contribution in [2.45, 2.75) is 19.9 Å². The van der Waals surface area contributed by atoms with Gasteiger partial charge in [-0.05, 0) is 36.8 Å². The van der Waals surface area contributed by atoms with E-state index in [9.17, 15) is 4.79 Å². The zero-order valence-electron chi connectivity index (χ0n) is 13.4. The zero-order chi connectivity index (χ0) is 16.7. The topological polar surface area (TPSA) is 50.4 Å².